The number of amides is 1. The van der Waals surface area contributed by atoms with Crippen LogP contribution >= 0.6 is 35.8 Å². The van der Waals surface area contributed by atoms with Gasteiger partial charge in [0, 0.05) is 10.7 Å². The molecular formula is C18H34Cl2N2O5S. The van der Waals surface area contributed by atoms with E-state index in [9.17, 15) is 20.1 Å². The summed E-state index contributed by atoms with van der Waals surface area (Å²) in [7, 11) is 0. The second-order valence-corrected chi connectivity index (χ2v) is 8.89. The summed E-state index contributed by atoms with van der Waals surface area (Å²) in [5.74, 6) is -0.966. The third-order valence-corrected chi connectivity index (χ3v) is 6.32. The predicted octanol–water partition coefficient (Wildman–Crippen LogP) is 0.811. The molecule has 0 radical (unpaired) electrons. The van der Waals surface area contributed by atoms with E-state index in [0.29, 0.717) is 6.42 Å². The number of thioether (sulfide) groups is 1. The summed E-state index contributed by atoms with van der Waals surface area (Å²) in [6, 6.07) is -3.07. The first-order chi connectivity index (χ1) is 14.3. The number of carbonyl (C=O) groups excluding carboxylic acids is 1. The van der Waals surface area contributed by atoms with Gasteiger partial charge in [0.15, 0.2) is 0 Å². The maximum Gasteiger partial charge on any atom is 0.237 e. The van der Waals surface area contributed by atoms with Gasteiger partial charge in [0.25, 0.3) is 0 Å². The molecule has 2 aliphatic heterocycles. The summed E-state index contributed by atoms with van der Waals surface area (Å²) in [5.41, 5.74) is -0.859. The lowest BCUT2D eigenvalue weighted by molar-refractivity contribution is -0.205. The molecule has 2 heterocycles. The van der Waals surface area contributed by atoms with Gasteiger partial charge in [-0.3, -0.25) is 9.69 Å². The Balaban J connectivity index is 0.00000512. The van der Waals surface area contributed by atoms with E-state index in [1.807, 2.05) is 6.92 Å². The number of hydrogen-bond acceptors (Lipinski definition) is 7. The lowest BCUT2D eigenvalue weighted by Crippen LogP contribution is -2.65. The highest BCUT2D eigenvalue weighted by molar-refractivity contribution is 7.99. The molecule has 10 heteroatoms. The van der Waals surface area contributed by atoms with E-state index in [-0.39, 0.29) is 31.3 Å². The van der Waals surface area contributed by atoms with Gasteiger partial charge < -0.3 is 25.4 Å². The second-order valence-electron chi connectivity index (χ2n) is 7.27. The third-order valence-electron chi connectivity index (χ3n) is 5.19. The van der Waals surface area contributed by atoms with Crippen LogP contribution in [0.15, 0.2) is 0 Å². The Hall–Kier alpha value is 0.200. The van der Waals surface area contributed by atoms with Crippen molar-refractivity contribution in [3.63, 3.8) is 0 Å². The Morgan fingerprint density at radius 3 is 2.64 bits per heavy atom. The van der Waals surface area contributed by atoms with Crippen LogP contribution in [0.1, 0.15) is 38.6 Å². The largest absolute Gasteiger partial charge is 0.388 e. The minimum absolute atomic E-state index is 0. The van der Waals surface area contributed by atoms with Crippen molar-refractivity contribution in [2.24, 2.45) is 5.92 Å². The average Bonchev–Trinajstić information content (AvgIpc) is 3.03. The fourth-order valence-corrected chi connectivity index (χ4v) is 4.58. The summed E-state index contributed by atoms with van der Waals surface area (Å²) >= 11 is 7.40. The standard InChI is InChI=1S/C18H33ClN2O5S.ClH/c1-5-6-10-7-11(21(3)8-10)17(25)20-12(9(2)19)16-14(23)13(22)15(24)18(26-16)27-4;/h9-16,18,22-24H,5-8H2,1-4H3,(H,20,25);1H/t9-,10+,11-,12+,13-,14+,15+,16+,18+;/m0./s1/i3+1D3,11D;. The van der Waals surface area contributed by atoms with Gasteiger partial charge in [-0.1, -0.05) is 13.3 Å². The van der Waals surface area contributed by atoms with Crippen molar-refractivity contribution >= 4 is 41.7 Å². The smallest absolute Gasteiger partial charge is 0.237 e. The summed E-state index contributed by atoms with van der Waals surface area (Å²) in [6.45, 7) is 0.985. The molecule has 0 spiro atoms. The summed E-state index contributed by atoms with van der Waals surface area (Å²) in [6.07, 6.45) is -2.34. The predicted molar refractivity (Wildman–Crippen MR) is 114 cm³/mol. The van der Waals surface area contributed by atoms with Gasteiger partial charge in [-0.2, -0.15) is 0 Å². The van der Waals surface area contributed by atoms with Crippen molar-refractivity contribution in [1.29, 1.82) is 0 Å². The van der Waals surface area contributed by atoms with Gasteiger partial charge in [-0.05, 0) is 38.9 Å². The van der Waals surface area contributed by atoms with Gasteiger partial charge in [-0.15, -0.1) is 35.8 Å². The van der Waals surface area contributed by atoms with Gasteiger partial charge in [-0.25, -0.2) is 0 Å². The van der Waals surface area contributed by atoms with E-state index in [0.717, 1.165) is 23.1 Å². The molecule has 1 amide bonds. The van der Waals surface area contributed by atoms with Crippen molar-refractivity contribution in [1.82, 2.24) is 10.2 Å². The molecule has 7 nitrogen and oxygen atoms in total. The minimum atomic E-state index is -2.63. The fourth-order valence-electron chi connectivity index (χ4n) is 3.69. The number of hydrogen-bond donors (Lipinski definition) is 4. The third kappa shape index (κ3) is 5.88. The number of aliphatic hydroxyl groups excluding tert-OH is 3. The average molecular weight is 466 g/mol. The Labute approximate surface area is 188 Å². The first-order valence-corrected chi connectivity index (χ1v) is 11.0. The molecule has 2 fully saturated rings. The molecule has 0 aliphatic carbocycles. The highest BCUT2D eigenvalue weighted by atomic mass is 35.5. The van der Waals surface area contributed by atoms with Gasteiger partial charge in [0.1, 0.15) is 29.9 Å². The summed E-state index contributed by atoms with van der Waals surface area (Å²) < 4.78 is 37.9. The quantitative estimate of drug-likeness (QED) is 0.325. The Kier molecular flexibility index (Phi) is 8.30. The van der Waals surface area contributed by atoms with Crippen molar-refractivity contribution in [3.05, 3.63) is 0 Å². The molecule has 0 unspecified atom stereocenters. The van der Waals surface area contributed by atoms with E-state index in [4.69, 9.17) is 21.8 Å². The molecule has 9 atom stereocenters. The van der Waals surface area contributed by atoms with Crippen LogP contribution in [0.5, 0.6) is 0 Å². The second kappa shape index (κ2) is 11.6. The van der Waals surface area contributed by atoms with Crippen LogP contribution in [0, 0.1) is 5.92 Å². The molecule has 2 aliphatic rings. The number of likely N-dealkylation sites (tertiary alicyclic amines) is 1. The monoisotopic (exact) mass is 465 g/mol. The lowest BCUT2D eigenvalue weighted by atomic mass is 9.92. The van der Waals surface area contributed by atoms with E-state index < -0.39 is 60.2 Å². The summed E-state index contributed by atoms with van der Waals surface area (Å²) in [5, 5.41) is 32.6. The zero-order valence-corrected chi connectivity index (χ0v) is 18.6. The van der Waals surface area contributed by atoms with E-state index >= 15 is 0 Å². The zero-order valence-electron chi connectivity index (χ0n) is 20.2. The fraction of sp³-hybridized carbons (Fsp3) is 0.944. The SMILES string of the molecule is Cl.[2H][C@@]1(C(=O)N[C@@H]([C@H]2O[C@H](SC)[C@H](O)[C@@H](O)[C@H]2O)[C@H](C)Cl)C[C@@H](CCC)CN1[13C]([2H])([2H])[2H]. The first kappa shape index (κ1) is 20.1. The highest BCUT2D eigenvalue weighted by Crippen LogP contribution is 2.31. The van der Waals surface area contributed by atoms with Crippen LogP contribution in [-0.2, 0) is 9.53 Å². The molecule has 166 valence electrons. The van der Waals surface area contributed by atoms with Crippen molar-refractivity contribution in [3.8, 4) is 0 Å². The van der Waals surface area contributed by atoms with Crippen molar-refractivity contribution < 1.29 is 30.3 Å². The Bertz CT molecular complexity index is 637. The highest BCUT2D eigenvalue weighted by Gasteiger charge is 2.48. The van der Waals surface area contributed by atoms with E-state index in [1.165, 1.54) is 0 Å². The normalized spacial score (nSPS) is 43.7. The molecule has 0 bridgehead atoms. The number of ether oxygens (including phenoxy) is 1. The maximum atomic E-state index is 13.2. The van der Waals surface area contributed by atoms with Gasteiger partial charge in [0.2, 0.25) is 5.91 Å². The van der Waals surface area contributed by atoms with Crippen LogP contribution in [0.4, 0.5) is 0 Å². The molecule has 0 aromatic heterocycles. The number of rotatable bonds is 7. The number of alkyl halides is 1. The topological polar surface area (TPSA) is 102 Å². The zero-order chi connectivity index (χ0) is 23.7. The lowest BCUT2D eigenvalue weighted by Gasteiger charge is -2.44. The van der Waals surface area contributed by atoms with Crippen LogP contribution in [0.25, 0.3) is 0 Å². The molecule has 0 aromatic rings. The summed E-state index contributed by atoms with van der Waals surface area (Å²) in [4.78, 5) is 14.2. The molecule has 4 N–H and O–H groups in total. The Morgan fingerprint density at radius 2 is 2.11 bits per heavy atom. The molecule has 28 heavy (non-hydrogen) atoms. The van der Waals surface area contributed by atoms with E-state index in [1.54, 1.807) is 13.2 Å². The number of nitrogens with zero attached hydrogens (tertiary/aromatic N) is 1. The number of nitrogens with one attached hydrogen (secondary N) is 1. The van der Waals surface area contributed by atoms with Gasteiger partial charge in [0.05, 0.1) is 18.8 Å². The maximum absolute atomic E-state index is 13.2. The molecule has 2 saturated heterocycles. The number of halogens is 2. The molecular weight excluding hydrogens is 428 g/mol. The number of aliphatic hydroxyl groups is 3. The van der Waals surface area contributed by atoms with Crippen molar-refractivity contribution in [2.45, 2.75) is 80.4 Å². The van der Waals surface area contributed by atoms with Crippen LogP contribution < -0.4 is 5.32 Å². The minimum Gasteiger partial charge on any atom is -0.388 e. The number of likely N-dealkylation sites (N-methyl/N-ethyl adjacent to an activating group) is 1. The van der Waals surface area contributed by atoms with Gasteiger partial charge >= 0.3 is 0 Å². The molecule has 0 saturated carbocycles. The van der Waals surface area contributed by atoms with E-state index in [2.05, 4.69) is 5.32 Å². The molecule has 0 aromatic carbocycles. The Morgan fingerprint density at radius 1 is 1.43 bits per heavy atom. The van der Waals surface area contributed by atoms with Crippen LogP contribution in [0.3, 0.4) is 0 Å². The molecule has 2 rings (SSSR count). The first-order valence-electron chi connectivity index (χ1n) is 11.2. The van der Waals surface area contributed by atoms with Crippen molar-refractivity contribution in [2.75, 3.05) is 19.8 Å². The van der Waals surface area contributed by atoms with Crippen LogP contribution in [0.2, 0.25) is 0 Å². The van der Waals surface area contributed by atoms with Crippen LogP contribution in [-0.4, -0.2) is 93.2 Å². The number of carbonyl (C=O) groups is 1.